The maximum atomic E-state index is 14.0. The molecule has 0 spiro atoms. The Bertz CT molecular complexity index is 2090. The number of fused-ring (bicyclic) bond motifs is 14. The Kier molecular flexibility index (Phi) is 13.7. The fourth-order valence-corrected chi connectivity index (χ4v) is 7.66. The minimum absolute atomic E-state index is 0.00133. The van der Waals surface area contributed by atoms with Crippen LogP contribution >= 0.6 is 0 Å². The van der Waals surface area contributed by atoms with E-state index in [1.165, 1.54) is 73.6 Å². The molecule has 0 aromatic heterocycles. The van der Waals surface area contributed by atoms with Gasteiger partial charge in [0.2, 0.25) is 6.79 Å². The molecule has 7 N–H and O–H groups in total. The van der Waals surface area contributed by atoms with Crippen LogP contribution in [0.5, 0.6) is 11.5 Å². The summed E-state index contributed by atoms with van der Waals surface area (Å²) in [6.07, 6.45) is -2.49. The van der Waals surface area contributed by atoms with E-state index in [0.717, 1.165) is 27.0 Å². The van der Waals surface area contributed by atoms with E-state index in [2.05, 4.69) is 5.32 Å². The van der Waals surface area contributed by atoms with E-state index in [4.69, 9.17) is 23.7 Å². The van der Waals surface area contributed by atoms with E-state index in [1.807, 2.05) is 0 Å². The number of hydrogen-bond acceptors (Lipinski definition) is 16. The van der Waals surface area contributed by atoms with Gasteiger partial charge in [0.15, 0.2) is 11.5 Å². The fraction of sp³-hybridized carbons (Fsp3) is 0.500. The van der Waals surface area contributed by atoms with Crippen molar-refractivity contribution < 1.29 is 78.3 Å². The molecule has 17 heteroatoms. The predicted molar refractivity (Wildman–Crippen MR) is 209 cm³/mol. The molecule has 322 valence electrons. The van der Waals surface area contributed by atoms with Crippen molar-refractivity contribution in [3.05, 3.63) is 69.2 Å². The number of carbonyl (C=O) groups is 5. The number of methoxy groups -OCH3 is 1. The molecule has 3 heterocycles. The zero-order valence-corrected chi connectivity index (χ0v) is 34.8. The van der Waals surface area contributed by atoms with E-state index in [1.54, 1.807) is 0 Å². The first-order valence-corrected chi connectivity index (χ1v) is 18.8. The van der Waals surface area contributed by atoms with Crippen molar-refractivity contribution in [3.8, 4) is 11.5 Å². The van der Waals surface area contributed by atoms with Gasteiger partial charge in [-0.25, -0.2) is 0 Å². The van der Waals surface area contributed by atoms with Crippen LogP contribution in [0, 0.1) is 24.7 Å². The number of aromatic hydroxyl groups is 1. The van der Waals surface area contributed by atoms with Gasteiger partial charge in [-0.1, -0.05) is 32.1 Å². The number of esters is 3. The number of Topliss-reactive ketones (excluding diaryl/α,β-unsaturated/α-hetero) is 1. The minimum atomic E-state index is -2.26. The van der Waals surface area contributed by atoms with Crippen LogP contribution < -0.4 is 10.1 Å². The van der Waals surface area contributed by atoms with Crippen LogP contribution in [0.15, 0.2) is 52.5 Å². The molecule has 1 aliphatic carbocycles. The summed E-state index contributed by atoms with van der Waals surface area (Å²) >= 11 is 0. The number of phenolic OH excluding ortho intramolecular Hbond substituents is 1. The molecule has 9 atom stereocenters. The Morgan fingerprint density at radius 2 is 1.46 bits per heavy atom. The molecule has 3 aliphatic heterocycles. The third kappa shape index (κ3) is 8.99. The summed E-state index contributed by atoms with van der Waals surface area (Å²) in [5, 5.41) is 72.5. The molecule has 1 aromatic carbocycles. The second-order valence-electron chi connectivity index (χ2n) is 15.6. The molecule has 59 heavy (non-hydrogen) atoms. The maximum absolute atomic E-state index is 14.0. The van der Waals surface area contributed by atoms with Crippen molar-refractivity contribution >= 4 is 40.9 Å². The number of anilines is 1. The average Bonchev–Trinajstić information content (AvgIpc) is 3.16. The zero-order valence-electron chi connectivity index (χ0n) is 34.8. The summed E-state index contributed by atoms with van der Waals surface area (Å²) in [7, 11) is 1.01. The quantitative estimate of drug-likeness (QED) is 0.131. The number of aliphatic hydroxyl groups is 5. The minimum Gasteiger partial charge on any atom is -0.505 e. The van der Waals surface area contributed by atoms with E-state index in [9.17, 15) is 54.6 Å². The van der Waals surface area contributed by atoms with Gasteiger partial charge in [0.1, 0.15) is 40.5 Å². The lowest BCUT2D eigenvalue weighted by Crippen LogP contribution is -2.55. The van der Waals surface area contributed by atoms with Crippen LogP contribution in [0.2, 0.25) is 0 Å². The summed E-state index contributed by atoms with van der Waals surface area (Å²) < 4.78 is 27.9. The van der Waals surface area contributed by atoms with Gasteiger partial charge >= 0.3 is 17.9 Å². The molecule has 0 saturated carbocycles. The summed E-state index contributed by atoms with van der Waals surface area (Å²) in [6.45, 7) is 12.5. The molecule has 1 aromatic rings. The Morgan fingerprint density at radius 1 is 0.864 bits per heavy atom. The molecule has 0 fully saturated rings. The van der Waals surface area contributed by atoms with Crippen LogP contribution in [0.25, 0.3) is 5.57 Å². The molecule has 0 saturated heterocycles. The van der Waals surface area contributed by atoms with E-state index < -0.39 is 95.5 Å². The number of ketones is 1. The summed E-state index contributed by atoms with van der Waals surface area (Å²) in [5.41, 5.74) is -5.03. The van der Waals surface area contributed by atoms with Gasteiger partial charge in [-0.3, -0.25) is 24.0 Å². The SMILES string of the molecule is COC(=O)C1C(O)C(C)C(O)C(C)(O)/C=C/C=C(C)C(=O)Nc2c(C)c(OC(C)=O)c3c(c2O)C(=O)C(C)=C2OCOC(=C23)C(C)=CC(C)(O)C(O)C(C)C1OC(C)=O. The van der Waals surface area contributed by atoms with Crippen molar-refractivity contribution in [2.45, 2.75) is 105 Å². The number of aliphatic hydroxyl groups excluding tert-OH is 3. The molecular weight excluding hydrogens is 774 g/mol. The highest BCUT2D eigenvalue weighted by molar-refractivity contribution is 6.21. The number of amides is 1. The van der Waals surface area contributed by atoms with E-state index >= 15 is 0 Å². The van der Waals surface area contributed by atoms with Gasteiger partial charge in [-0.15, -0.1) is 0 Å². The van der Waals surface area contributed by atoms with Crippen LogP contribution in [0.4, 0.5) is 5.69 Å². The third-order valence-corrected chi connectivity index (χ3v) is 10.9. The zero-order chi connectivity index (χ0) is 44.6. The number of phenols is 1. The normalized spacial score (nSPS) is 31.2. The second kappa shape index (κ2) is 17.5. The largest absolute Gasteiger partial charge is 0.505 e. The molecular formula is C42H53NO16. The Morgan fingerprint density at radius 3 is 2.03 bits per heavy atom. The van der Waals surface area contributed by atoms with E-state index in [0.29, 0.717) is 0 Å². The van der Waals surface area contributed by atoms with Crippen LogP contribution in [0.1, 0.15) is 83.8 Å². The molecule has 5 rings (SSSR count). The van der Waals surface area contributed by atoms with Gasteiger partial charge in [0.05, 0.1) is 42.2 Å². The lowest BCUT2D eigenvalue weighted by Gasteiger charge is -2.41. The topological polar surface area (TPSA) is 265 Å². The van der Waals surface area contributed by atoms with Gasteiger partial charge in [0.25, 0.3) is 5.91 Å². The van der Waals surface area contributed by atoms with Crippen molar-refractivity contribution in [1.29, 1.82) is 0 Å². The standard InChI is InChI=1S/C42H53NO16/c1-17-13-12-14-41(9,53)37(49)21(5)31(47)28(40(52)55-11)36(59-24(8)45)22(6)38(50)42(10,54)15-18(2)33-27-25-26(30(46)20(4)34(27)57-16-56-33)32(48)29(43-39(17)51)19(3)35(25)58-23(7)44/h12-15,21-22,28,31,36-38,47-50,53-54H,16H2,1-11H3,(H,43,51)/b14-12+,17-13?,18-15?. The first-order chi connectivity index (χ1) is 27.3. The number of benzene rings is 1. The third-order valence-electron chi connectivity index (χ3n) is 10.9. The summed E-state index contributed by atoms with van der Waals surface area (Å²) in [5.74, 6) is -9.89. The van der Waals surface area contributed by atoms with Crippen LogP contribution in [-0.4, -0.2) is 110 Å². The summed E-state index contributed by atoms with van der Waals surface area (Å²) in [4.78, 5) is 66.1. The number of hydrogen-bond donors (Lipinski definition) is 7. The number of allylic oxidation sites excluding steroid dienone is 5. The van der Waals surface area contributed by atoms with Gasteiger partial charge < -0.3 is 59.6 Å². The molecule has 4 aliphatic rings. The monoisotopic (exact) mass is 827 g/mol. The first kappa shape index (κ1) is 46.4. The molecule has 0 radical (unpaired) electrons. The highest BCUT2D eigenvalue weighted by atomic mass is 16.7. The van der Waals surface area contributed by atoms with Crippen LogP contribution in [-0.2, 0) is 38.1 Å². The molecule has 4 bridgehead atoms. The first-order valence-electron chi connectivity index (χ1n) is 18.8. The predicted octanol–water partition coefficient (Wildman–Crippen LogP) is 2.79. The number of ether oxygens (including phenoxy) is 5. The van der Waals surface area contributed by atoms with E-state index in [-0.39, 0.29) is 61.9 Å². The van der Waals surface area contributed by atoms with Crippen molar-refractivity contribution in [1.82, 2.24) is 0 Å². The summed E-state index contributed by atoms with van der Waals surface area (Å²) in [6, 6.07) is 0. The van der Waals surface area contributed by atoms with Crippen molar-refractivity contribution in [3.63, 3.8) is 0 Å². The van der Waals surface area contributed by atoms with Gasteiger partial charge in [-0.05, 0) is 53.2 Å². The number of carbonyl (C=O) groups excluding carboxylic acids is 5. The number of rotatable bonds is 3. The molecule has 1 amide bonds. The Hall–Kier alpha value is -5.33. The Balaban J connectivity index is 2.12. The smallest absolute Gasteiger partial charge is 0.315 e. The lowest BCUT2D eigenvalue weighted by atomic mass is 9.74. The van der Waals surface area contributed by atoms with Gasteiger partial charge in [0, 0.05) is 48.0 Å². The van der Waals surface area contributed by atoms with Crippen molar-refractivity contribution in [2.75, 3.05) is 19.2 Å². The number of nitrogens with one attached hydrogen (secondary N) is 1. The van der Waals surface area contributed by atoms with Gasteiger partial charge in [-0.2, -0.15) is 0 Å². The van der Waals surface area contributed by atoms with Crippen molar-refractivity contribution in [2.24, 2.45) is 17.8 Å². The highest BCUT2D eigenvalue weighted by Crippen LogP contribution is 2.53. The second-order valence-corrected chi connectivity index (χ2v) is 15.6. The average molecular weight is 828 g/mol. The highest BCUT2D eigenvalue weighted by Gasteiger charge is 2.50. The molecule has 17 nitrogen and oxygen atoms in total. The lowest BCUT2D eigenvalue weighted by molar-refractivity contribution is -0.183. The van der Waals surface area contributed by atoms with Crippen LogP contribution in [0.3, 0.4) is 0 Å². The fourth-order valence-electron chi connectivity index (χ4n) is 7.66. The molecule has 9 unspecified atom stereocenters. The Labute approximate surface area is 341 Å². The maximum Gasteiger partial charge on any atom is 0.315 e.